The fourth-order valence-electron chi connectivity index (χ4n) is 2.39. The van der Waals surface area contributed by atoms with Gasteiger partial charge in [-0.25, -0.2) is 4.79 Å². The standard InChI is InChI=1S/C19H24N2O3/c1-14(21-19(23)20-12-18(22)13-24-2)15-8-10-17(11-9-15)16-6-4-3-5-7-16/h3-11,14,18,22H,12-13H2,1-2H3,(H2,20,21,23). The highest BCUT2D eigenvalue weighted by Crippen LogP contribution is 2.21. The summed E-state index contributed by atoms with van der Waals surface area (Å²) in [6, 6.07) is 17.8. The third kappa shape index (κ3) is 5.37. The van der Waals surface area contributed by atoms with Gasteiger partial charge < -0.3 is 20.5 Å². The highest BCUT2D eigenvalue weighted by Gasteiger charge is 2.11. The number of rotatable bonds is 7. The summed E-state index contributed by atoms with van der Waals surface area (Å²) in [5, 5.41) is 15.0. The van der Waals surface area contributed by atoms with Crippen LogP contribution in [0.25, 0.3) is 11.1 Å². The van der Waals surface area contributed by atoms with Crippen molar-refractivity contribution in [1.29, 1.82) is 0 Å². The number of carbonyl (C=O) groups excluding carboxylic acids is 1. The minimum atomic E-state index is -0.707. The van der Waals surface area contributed by atoms with Crippen molar-refractivity contribution in [3.05, 3.63) is 60.2 Å². The van der Waals surface area contributed by atoms with Gasteiger partial charge in [0.25, 0.3) is 0 Å². The Labute approximate surface area is 142 Å². The SMILES string of the molecule is COCC(O)CNC(=O)NC(C)c1ccc(-c2ccccc2)cc1. The van der Waals surface area contributed by atoms with E-state index in [1.54, 1.807) is 0 Å². The summed E-state index contributed by atoms with van der Waals surface area (Å²) in [5.74, 6) is 0. The van der Waals surface area contributed by atoms with Crippen molar-refractivity contribution in [2.24, 2.45) is 0 Å². The van der Waals surface area contributed by atoms with Gasteiger partial charge in [-0.15, -0.1) is 0 Å². The molecular formula is C19H24N2O3. The third-order valence-electron chi connectivity index (χ3n) is 3.72. The van der Waals surface area contributed by atoms with Crippen LogP contribution in [0.2, 0.25) is 0 Å². The Morgan fingerprint density at radius 2 is 1.71 bits per heavy atom. The van der Waals surface area contributed by atoms with Crippen molar-refractivity contribution in [3.63, 3.8) is 0 Å². The van der Waals surface area contributed by atoms with Gasteiger partial charge in [0.15, 0.2) is 0 Å². The van der Waals surface area contributed by atoms with E-state index >= 15 is 0 Å². The average Bonchev–Trinajstić information content (AvgIpc) is 2.61. The second-order valence-corrected chi connectivity index (χ2v) is 5.67. The molecule has 3 N–H and O–H groups in total. The smallest absolute Gasteiger partial charge is 0.315 e. The normalized spacial score (nSPS) is 13.1. The van der Waals surface area contributed by atoms with Crippen molar-refractivity contribution in [1.82, 2.24) is 10.6 Å². The molecular weight excluding hydrogens is 304 g/mol. The first-order valence-corrected chi connectivity index (χ1v) is 7.97. The Morgan fingerprint density at radius 3 is 2.33 bits per heavy atom. The van der Waals surface area contributed by atoms with Gasteiger partial charge in [0.1, 0.15) is 0 Å². The molecule has 0 aromatic heterocycles. The molecule has 0 aliphatic heterocycles. The fourth-order valence-corrected chi connectivity index (χ4v) is 2.39. The van der Waals surface area contributed by atoms with Gasteiger partial charge in [0.2, 0.25) is 0 Å². The summed E-state index contributed by atoms with van der Waals surface area (Å²) in [6.07, 6.45) is -0.707. The second-order valence-electron chi connectivity index (χ2n) is 5.67. The average molecular weight is 328 g/mol. The zero-order valence-corrected chi connectivity index (χ0v) is 14.0. The van der Waals surface area contributed by atoms with Crippen LogP contribution in [0, 0.1) is 0 Å². The first-order chi connectivity index (χ1) is 11.6. The van der Waals surface area contributed by atoms with E-state index < -0.39 is 6.10 Å². The molecule has 0 heterocycles. The van der Waals surface area contributed by atoms with E-state index in [0.29, 0.717) is 0 Å². The van der Waals surface area contributed by atoms with E-state index in [-0.39, 0.29) is 25.2 Å². The molecule has 0 saturated heterocycles. The Morgan fingerprint density at radius 1 is 1.08 bits per heavy atom. The first kappa shape index (κ1) is 18.0. The fraction of sp³-hybridized carbons (Fsp3) is 0.316. The molecule has 0 radical (unpaired) electrons. The van der Waals surface area contributed by atoms with Crippen LogP contribution >= 0.6 is 0 Å². The van der Waals surface area contributed by atoms with Gasteiger partial charge in [-0.1, -0.05) is 54.6 Å². The van der Waals surface area contributed by atoms with Crippen LogP contribution in [0.15, 0.2) is 54.6 Å². The van der Waals surface area contributed by atoms with E-state index in [0.717, 1.165) is 16.7 Å². The lowest BCUT2D eigenvalue weighted by atomic mass is 10.0. The van der Waals surface area contributed by atoms with Crippen molar-refractivity contribution in [2.45, 2.75) is 19.1 Å². The maximum absolute atomic E-state index is 11.8. The lowest BCUT2D eigenvalue weighted by Crippen LogP contribution is -2.41. The van der Waals surface area contributed by atoms with E-state index in [1.165, 1.54) is 7.11 Å². The molecule has 5 heteroatoms. The first-order valence-electron chi connectivity index (χ1n) is 7.97. The number of hydrogen-bond donors (Lipinski definition) is 3. The van der Waals surface area contributed by atoms with Gasteiger partial charge in [0.05, 0.1) is 18.8 Å². The zero-order chi connectivity index (χ0) is 17.4. The maximum Gasteiger partial charge on any atom is 0.315 e. The number of nitrogens with one attached hydrogen (secondary N) is 2. The Bertz CT molecular complexity index is 629. The van der Waals surface area contributed by atoms with Gasteiger partial charge >= 0.3 is 6.03 Å². The number of benzene rings is 2. The number of urea groups is 1. The number of methoxy groups -OCH3 is 1. The number of aliphatic hydroxyl groups is 1. The van der Waals surface area contributed by atoms with Gasteiger partial charge in [-0.05, 0) is 23.6 Å². The van der Waals surface area contributed by atoms with Crippen LogP contribution in [0.4, 0.5) is 4.79 Å². The van der Waals surface area contributed by atoms with E-state index in [4.69, 9.17) is 4.74 Å². The quantitative estimate of drug-likeness (QED) is 0.732. The molecule has 0 aliphatic carbocycles. The second kappa shape index (κ2) is 9.05. The van der Waals surface area contributed by atoms with Gasteiger partial charge in [-0.3, -0.25) is 0 Å². The number of hydrogen-bond acceptors (Lipinski definition) is 3. The van der Waals surface area contributed by atoms with Crippen molar-refractivity contribution in [3.8, 4) is 11.1 Å². The third-order valence-corrected chi connectivity index (χ3v) is 3.72. The molecule has 0 aliphatic rings. The summed E-state index contributed by atoms with van der Waals surface area (Å²) < 4.78 is 4.81. The summed E-state index contributed by atoms with van der Waals surface area (Å²) >= 11 is 0. The van der Waals surface area contributed by atoms with E-state index in [9.17, 15) is 9.90 Å². The van der Waals surface area contributed by atoms with E-state index in [1.807, 2.05) is 49.4 Å². The molecule has 0 fully saturated rings. The van der Waals surface area contributed by atoms with Gasteiger partial charge in [0, 0.05) is 13.7 Å². The van der Waals surface area contributed by atoms with Crippen LogP contribution in [-0.4, -0.2) is 37.5 Å². The monoisotopic (exact) mass is 328 g/mol. The summed E-state index contributed by atoms with van der Waals surface area (Å²) in [5.41, 5.74) is 3.32. The molecule has 2 amide bonds. The molecule has 5 nitrogen and oxygen atoms in total. The van der Waals surface area contributed by atoms with Crippen molar-refractivity contribution >= 4 is 6.03 Å². The van der Waals surface area contributed by atoms with Gasteiger partial charge in [-0.2, -0.15) is 0 Å². The minimum absolute atomic E-state index is 0.130. The maximum atomic E-state index is 11.8. The predicted molar refractivity (Wildman–Crippen MR) is 94.7 cm³/mol. The highest BCUT2D eigenvalue weighted by atomic mass is 16.5. The van der Waals surface area contributed by atoms with Crippen LogP contribution in [0.5, 0.6) is 0 Å². The molecule has 0 saturated carbocycles. The lowest BCUT2D eigenvalue weighted by Gasteiger charge is -2.17. The van der Waals surface area contributed by atoms with Crippen LogP contribution < -0.4 is 10.6 Å². The Kier molecular flexibility index (Phi) is 6.78. The largest absolute Gasteiger partial charge is 0.389 e. The predicted octanol–water partition coefficient (Wildman–Crippen LogP) is 2.72. The molecule has 0 spiro atoms. The molecule has 0 bridgehead atoms. The van der Waals surface area contributed by atoms with Crippen molar-refractivity contribution < 1.29 is 14.6 Å². The zero-order valence-electron chi connectivity index (χ0n) is 14.0. The van der Waals surface area contributed by atoms with Crippen molar-refractivity contribution in [2.75, 3.05) is 20.3 Å². The number of ether oxygens (including phenoxy) is 1. The molecule has 24 heavy (non-hydrogen) atoms. The highest BCUT2D eigenvalue weighted by molar-refractivity contribution is 5.74. The minimum Gasteiger partial charge on any atom is -0.389 e. The van der Waals surface area contributed by atoms with Crippen LogP contribution in [0.3, 0.4) is 0 Å². The molecule has 2 aromatic rings. The molecule has 2 aromatic carbocycles. The lowest BCUT2D eigenvalue weighted by molar-refractivity contribution is 0.0659. The molecule has 2 atom stereocenters. The summed E-state index contributed by atoms with van der Waals surface area (Å²) in [6.45, 7) is 2.26. The van der Waals surface area contributed by atoms with Crippen LogP contribution in [-0.2, 0) is 4.74 Å². The number of carbonyl (C=O) groups is 1. The molecule has 128 valence electrons. The summed E-state index contributed by atoms with van der Waals surface area (Å²) in [7, 11) is 1.50. The topological polar surface area (TPSA) is 70.6 Å². The van der Waals surface area contributed by atoms with Crippen LogP contribution in [0.1, 0.15) is 18.5 Å². The molecule has 2 rings (SSSR count). The Hall–Kier alpha value is -2.37. The number of amides is 2. The summed E-state index contributed by atoms with van der Waals surface area (Å²) in [4.78, 5) is 11.8. The number of aliphatic hydroxyl groups excluding tert-OH is 1. The molecule has 2 unspecified atom stereocenters. The Balaban J connectivity index is 1.88. The van der Waals surface area contributed by atoms with E-state index in [2.05, 4.69) is 22.8 Å².